The zero-order chi connectivity index (χ0) is 11.4. The standard InChI is InChI=1S/C13H22N2O/c1-13(7-3-2-4-8-13)15-10-12-6-5-11(9-14)16-12/h5-6,15H,2-4,7-10,14H2,1H3. The zero-order valence-electron chi connectivity index (χ0n) is 10.1. The molecule has 2 rings (SSSR count). The maximum absolute atomic E-state index is 5.58. The third-order valence-electron chi connectivity index (χ3n) is 3.56. The summed E-state index contributed by atoms with van der Waals surface area (Å²) in [6.07, 6.45) is 6.62. The van der Waals surface area contributed by atoms with Crippen molar-refractivity contribution in [3.05, 3.63) is 23.7 Å². The van der Waals surface area contributed by atoms with Crippen LogP contribution in [0.1, 0.15) is 50.5 Å². The van der Waals surface area contributed by atoms with Crippen molar-refractivity contribution in [2.24, 2.45) is 5.73 Å². The summed E-state index contributed by atoms with van der Waals surface area (Å²) in [5.41, 5.74) is 5.81. The van der Waals surface area contributed by atoms with Gasteiger partial charge in [0.25, 0.3) is 0 Å². The van der Waals surface area contributed by atoms with Gasteiger partial charge in [-0.3, -0.25) is 0 Å². The molecule has 0 atom stereocenters. The highest BCUT2D eigenvalue weighted by Gasteiger charge is 2.25. The maximum Gasteiger partial charge on any atom is 0.118 e. The Morgan fingerprint density at radius 2 is 1.94 bits per heavy atom. The van der Waals surface area contributed by atoms with E-state index in [0.717, 1.165) is 18.1 Å². The fourth-order valence-electron chi connectivity index (χ4n) is 2.44. The summed E-state index contributed by atoms with van der Waals surface area (Å²) in [6.45, 7) is 3.62. The minimum atomic E-state index is 0.300. The van der Waals surface area contributed by atoms with Crippen LogP contribution in [0, 0.1) is 0 Å². The molecule has 0 aromatic carbocycles. The molecule has 0 radical (unpaired) electrons. The molecule has 3 nitrogen and oxygen atoms in total. The minimum Gasteiger partial charge on any atom is -0.463 e. The first kappa shape index (κ1) is 11.7. The Morgan fingerprint density at radius 1 is 1.25 bits per heavy atom. The summed E-state index contributed by atoms with van der Waals surface area (Å²) in [7, 11) is 0. The lowest BCUT2D eigenvalue weighted by atomic mass is 9.83. The Balaban J connectivity index is 1.86. The highest BCUT2D eigenvalue weighted by atomic mass is 16.3. The van der Waals surface area contributed by atoms with E-state index < -0.39 is 0 Å². The topological polar surface area (TPSA) is 51.2 Å². The van der Waals surface area contributed by atoms with E-state index >= 15 is 0 Å². The molecule has 1 heterocycles. The van der Waals surface area contributed by atoms with Crippen LogP contribution in [0.4, 0.5) is 0 Å². The summed E-state index contributed by atoms with van der Waals surface area (Å²) in [5.74, 6) is 1.86. The molecule has 1 aliphatic rings. The first-order valence-electron chi connectivity index (χ1n) is 6.24. The van der Waals surface area contributed by atoms with E-state index in [1.54, 1.807) is 0 Å². The Kier molecular flexibility index (Phi) is 3.66. The van der Waals surface area contributed by atoms with Crippen LogP contribution in [0.2, 0.25) is 0 Å². The predicted octanol–water partition coefficient (Wildman–Crippen LogP) is 2.55. The van der Waals surface area contributed by atoms with Crippen LogP contribution in [-0.2, 0) is 13.1 Å². The van der Waals surface area contributed by atoms with Crippen molar-refractivity contribution in [3.63, 3.8) is 0 Å². The molecule has 1 saturated carbocycles. The molecule has 3 N–H and O–H groups in total. The number of rotatable bonds is 4. The molecule has 1 aromatic heterocycles. The van der Waals surface area contributed by atoms with Gasteiger partial charge < -0.3 is 15.5 Å². The second-order valence-electron chi connectivity index (χ2n) is 5.05. The van der Waals surface area contributed by atoms with Gasteiger partial charge in [0.1, 0.15) is 11.5 Å². The van der Waals surface area contributed by atoms with E-state index in [9.17, 15) is 0 Å². The summed E-state index contributed by atoms with van der Waals surface area (Å²) in [5, 5.41) is 3.62. The lowest BCUT2D eigenvalue weighted by molar-refractivity contribution is 0.244. The lowest BCUT2D eigenvalue weighted by Gasteiger charge is -2.34. The Bertz CT molecular complexity index is 326. The molecule has 1 aromatic rings. The molecule has 0 spiro atoms. The van der Waals surface area contributed by atoms with Gasteiger partial charge in [-0.2, -0.15) is 0 Å². The van der Waals surface area contributed by atoms with E-state index in [-0.39, 0.29) is 0 Å². The molecular formula is C13H22N2O. The van der Waals surface area contributed by atoms with Crippen molar-refractivity contribution in [3.8, 4) is 0 Å². The molecule has 3 heteroatoms. The van der Waals surface area contributed by atoms with Crippen LogP contribution in [0.15, 0.2) is 16.5 Å². The lowest BCUT2D eigenvalue weighted by Crippen LogP contribution is -2.43. The van der Waals surface area contributed by atoms with Crippen molar-refractivity contribution in [1.29, 1.82) is 0 Å². The Hall–Kier alpha value is -0.800. The van der Waals surface area contributed by atoms with Crippen LogP contribution < -0.4 is 11.1 Å². The predicted molar refractivity (Wildman–Crippen MR) is 64.9 cm³/mol. The highest BCUT2D eigenvalue weighted by Crippen LogP contribution is 2.27. The van der Waals surface area contributed by atoms with Gasteiger partial charge in [-0.1, -0.05) is 19.3 Å². The normalized spacial score (nSPS) is 19.9. The summed E-state index contributed by atoms with van der Waals surface area (Å²) in [6, 6.07) is 3.97. The van der Waals surface area contributed by atoms with Crippen LogP contribution in [0.25, 0.3) is 0 Å². The Morgan fingerprint density at radius 3 is 2.56 bits per heavy atom. The fraction of sp³-hybridized carbons (Fsp3) is 0.692. The molecule has 0 bridgehead atoms. The minimum absolute atomic E-state index is 0.300. The van der Waals surface area contributed by atoms with E-state index in [1.165, 1.54) is 32.1 Å². The van der Waals surface area contributed by atoms with Crippen molar-refractivity contribution < 1.29 is 4.42 Å². The van der Waals surface area contributed by atoms with Crippen LogP contribution in [0.5, 0.6) is 0 Å². The van der Waals surface area contributed by atoms with Gasteiger partial charge in [-0.15, -0.1) is 0 Å². The first-order chi connectivity index (χ1) is 7.72. The summed E-state index contributed by atoms with van der Waals surface area (Å²) < 4.78 is 5.58. The van der Waals surface area contributed by atoms with Gasteiger partial charge in [-0.05, 0) is 31.9 Å². The van der Waals surface area contributed by atoms with Crippen molar-refractivity contribution >= 4 is 0 Å². The van der Waals surface area contributed by atoms with Gasteiger partial charge in [-0.25, -0.2) is 0 Å². The molecule has 16 heavy (non-hydrogen) atoms. The van der Waals surface area contributed by atoms with E-state index in [4.69, 9.17) is 10.2 Å². The van der Waals surface area contributed by atoms with Crippen LogP contribution in [-0.4, -0.2) is 5.54 Å². The number of hydrogen-bond donors (Lipinski definition) is 2. The van der Waals surface area contributed by atoms with Gasteiger partial charge in [0.2, 0.25) is 0 Å². The average Bonchev–Trinajstić information content (AvgIpc) is 2.75. The molecule has 0 amide bonds. The van der Waals surface area contributed by atoms with E-state index in [2.05, 4.69) is 12.2 Å². The van der Waals surface area contributed by atoms with Crippen LogP contribution in [0.3, 0.4) is 0 Å². The van der Waals surface area contributed by atoms with Gasteiger partial charge in [0, 0.05) is 5.54 Å². The highest BCUT2D eigenvalue weighted by molar-refractivity contribution is 5.07. The molecular weight excluding hydrogens is 200 g/mol. The quantitative estimate of drug-likeness (QED) is 0.823. The van der Waals surface area contributed by atoms with Gasteiger partial charge in [0.15, 0.2) is 0 Å². The van der Waals surface area contributed by atoms with E-state index in [0.29, 0.717) is 12.1 Å². The third-order valence-corrected chi connectivity index (χ3v) is 3.56. The second kappa shape index (κ2) is 5.02. The van der Waals surface area contributed by atoms with E-state index in [1.807, 2.05) is 12.1 Å². The molecule has 1 aliphatic carbocycles. The smallest absolute Gasteiger partial charge is 0.118 e. The number of nitrogens with one attached hydrogen (secondary N) is 1. The summed E-state index contributed by atoms with van der Waals surface area (Å²) in [4.78, 5) is 0. The van der Waals surface area contributed by atoms with Crippen molar-refractivity contribution in [2.45, 2.75) is 57.7 Å². The first-order valence-corrected chi connectivity index (χ1v) is 6.24. The zero-order valence-corrected chi connectivity index (χ0v) is 10.1. The monoisotopic (exact) mass is 222 g/mol. The van der Waals surface area contributed by atoms with Gasteiger partial charge >= 0.3 is 0 Å². The Labute approximate surface area is 97.4 Å². The number of furan rings is 1. The molecule has 0 saturated heterocycles. The average molecular weight is 222 g/mol. The van der Waals surface area contributed by atoms with Crippen molar-refractivity contribution in [1.82, 2.24) is 5.32 Å². The molecule has 1 fully saturated rings. The third kappa shape index (κ3) is 2.86. The fourth-order valence-corrected chi connectivity index (χ4v) is 2.44. The number of nitrogens with two attached hydrogens (primary N) is 1. The maximum atomic E-state index is 5.58. The molecule has 0 aliphatic heterocycles. The second-order valence-corrected chi connectivity index (χ2v) is 5.05. The number of hydrogen-bond acceptors (Lipinski definition) is 3. The summed E-state index contributed by atoms with van der Waals surface area (Å²) >= 11 is 0. The van der Waals surface area contributed by atoms with Crippen LogP contribution >= 0.6 is 0 Å². The molecule has 90 valence electrons. The SMILES string of the molecule is CC1(NCc2ccc(CN)o2)CCCCC1. The molecule has 0 unspecified atom stereocenters. The van der Waals surface area contributed by atoms with Gasteiger partial charge in [0.05, 0.1) is 13.1 Å². The van der Waals surface area contributed by atoms with Crippen molar-refractivity contribution in [2.75, 3.05) is 0 Å². The largest absolute Gasteiger partial charge is 0.463 e.